The van der Waals surface area contributed by atoms with Crippen LogP contribution in [0.15, 0.2) is 24.3 Å². The fourth-order valence-corrected chi connectivity index (χ4v) is 2.07. The number of carbonyl (C=O) groups excluding carboxylic acids is 1. The van der Waals surface area contributed by atoms with Crippen LogP contribution in [0.4, 0.5) is 0 Å². The van der Waals surface area contributed by atoms with Crippen LogP contribution >= 0.6 is 11.6 Å². The van der Waals surface area contributed by atoms with E-state index >= 15 is 0 Å². The minimum absolute atomic E-state index is 0.0862. The molecule has 1 unspecified atom stereocenters. The Balaban J connectivity index is 2.00. The van der Waals surface area contributed by atoms with E-state index in [1.165, 1.54) is 0 Å². The lowest BCUT2D eigenvalue weighted by Crippen LogP contribution is -2.24. The number of hydrogen-bond acceptors (Lipinski definition) is 2. The number of aliphatic hydroxyl groups is 1. The van der Waals surface area contributed by atoms with Crippen molar-refractivity contribution in [1.29, 1.82) is 0 Å². The van der Waals surface area contributed by atoms with Gasteiger partial charge in [-0.25, -0.2) is 0 Å². The predicted octanol–water partition coefficient (Wildman–Crippen LogP) is 1.68. The first kappa shape index (κ1) is 11.4. The van der Waals surface area contributed by atoms with Crippen LogP contribution < -0.4 is 0 Å². The molecule has 1 amide bonds. The van der Waals surface area contributed by atoms with Crippen molar-refractivity contribution in [2.75, 3.05) is 13.2 Å². The minimum atomic E-state index is 0.0862. The van der Waals surface area contributed by atoms with Crippen molar-refractivity contribution < 1.29 is 9.90 Å². The molecule has 2 rings (SSSR count). The second-order valence-electron chi connectivity index (χ2n) is 4.15. The van der Waals surface area contributed by atoms with Crippen molar-refractivity contribution in [2.45, 2.75) is 13.0 Å². The van der Waals surface area contributed by atoms with E-state index in [1.54, 1.807) is 4.90 Å². The standard InChI is InChI=1S/C12H14ClNO2/c13-11-3-1-9(2-4-11)6-14-7-10(8-15)5-12(14)16/h1-4,10,15H,5-8H2. The summed E-state index contributed by atoms with van der Waals surface area (Å²) in [5.41, 5.74) is 1.07. The van der Waals surface area contributed by atoms with E-state index in [2.05, 4.69) is 0 Å². The Bertz CT molecular complexity index is 377. The lowest BCUT2D eigenvalue weighted by atomic mass is 10.1. The van der Waals surface area contributed by atoms with Crippen LogP contribution in [0.25, 0.3) is 0 Å². The van der Waals surface area contributed by atoms with E-state index in [-0.39, 0.29) is 18.4 Å². The third-order valence-electron chi connectivity index (χ3n) is 2.84. The smallest absolute Gasteiger partial charge is 0.223 e. The Morgan fingerprint density at radius 2 is 2.06 bits per heavy atom. The highest BCUT2D eigenvalue weighted by atomic mass is 35.5. The molecular formula is C12H14ClNO2. The minimum Gasteiger partial charge on any atom is -0.396 e. The van der Waals surface area contributed by atoms with E-state index in [1.807, 2.05) is 24.3 Å². The second kappa shape index (κ2) is 4.85. The summed E-state index contributed by atoms with van der Waals surface area (Å²) in [6, 6.07) is 7.48. The molecule has 1 heterocycles. The molecule has 16 heavy (non-hydrogen) atoms. The van der Waals surface area contributed by atoms with Crippen LogP contribution in [0.2, 0.25) is 5.02 Å². The van der Waals surface area contributed by atoms with Gasteiger partial charge in [-0.2, -0.15) is 0 Å². The second-order valence-corrected chi connectivity index (χ2v) is 4.59. The van der Waals surface area contributed by atoms with Crippen LogP contribution in [0.5, 0.6) is 0 Å². The maximum absolute atomic E-state index is 11.6. The highest BCUT2D eigenvalue weighted by molar-refractivity contribution is 6.30. The molecule has 0 aromatic heterocycles. The normalized spacial score (nSPS) is 20.5. The number of likely N-dealkylation sites (tertiary alicyclic amines) is 1. The Morgan fingerprint density at radius 1 is 1.38 bits per heavy atom. The molecule has 0 spiro atoms. The van der Waals surface area contributed by atoms with E-state index < -0.39 is 0 Å². The van der Waals surface area contributed by atoms with Crippen molar-refractivity contribution >= 4 is 17.5 Å². The van der Waals surface area contributed by atoms with Gasteiger partial charge in [0.05, 0.1) is 0 Å². The number of amides is 1. The largest absolute Gasteiger partial charge is 0.396 e. The number of aliphatic hydroxyl groups excluding tert-OH is 1. The van der Waals surface area contributed by atoms with E-state index in [0.29, 0.717) is 24.5 Å². The summed E-state index contributed by atoms with van der Waals surface area (Å²) in [4.78, 5) is 13.4. The fraction of sp³-hybridized carbons (Fsp3) is 0.417. The van der Waals surface area contributed by atoms with Crippen LogP contribution in [-0.4, -0.2) is 29.1 Å². The summed E-state index contributed by atoms with van der Waals surface area (Å²) in [7, 11) is 0. The summed E-state index contributed by atoms with van der Waals surface area (Å²) in [5.74, 6) is 0.216. The average Bonchev–Trinajstić information content (AvgIpc) is 2.63. The zero-order valence-corrected chi connectivity index (χ0v) is 9.65. The number of carbonyl (C=O) groups is 1. The van der Waals surface area contributed by atoms with Gasteiger partial charge in [-0.05, 0) is 17.7 Å². The lowest BCUT2D eigenvalue weighted by Gasteiger charge is -2.16. The quantitative estimate of drug-likeness (QED) is 0.872. The van der Waals surface area contributed by atoms with Crippen LogP contribution in [-0.2, 0) is 11.3 Å². The summed E-state index contributed by atoms with van der Waals surface area (Å²) >= 11 is 5.79. The number of rotatable bonds is 3. The van der Waals surface area contributed by atoms with Gasteiger partial charge in [0, 0.05) is 37.1 Å². The third-order valence-corrected chi connectivity index (χ3v) is 3.09. The first-order valence-electron chi connectivity index (χ1n) is 5.32. The molecule has 1 saturated heterocycles. The molecule has 1 fully saturated rings. The van der Waals surface area contributed by atoms with Gasteiger partial charge >= 0.3 is 0 Å². The van der Waals surface area contributed by atoms with Gasteiger partial charge in [-0.15, -0.1) is 0 Å². The molecule has 1 aromatic rings. The molecule has 4 heteroatoms. The maximum atomic E-state index is 11.6. The molecular weight excluding hydrogens is 226 g/mol. The summed E-state index contributed by atoms with van der Waals surface area (Å²) in [6.07, 6.45) is 0.462. The van der Waals surface area contributed by atoms with Gasteiger partial charge < -0.3 is 10.0 Å². The number of hydrogen-bond donors (Lipinski definition) is 1. The maximum Gasteiger partial charge on any atom is 0.223 e. The SMILES string of the molecule is O=C1CC(CO)CN1Cc1ccc(Cl)cc1. The zero-order chi connectivity index (χ0) is 11.5. The zero-order valence-electron chi connectivity index (χ0n) is 8.90. The average molecular weight is 240 g/mol. The highest BCUT2D eigenvalue weighted by Gasteiger charge is 2.28. The molecule has 1 aliphatic rings. The molecule has 1 N–H and O–H groups in total. The topological polar surface area (TPSA) is 40.5 Å². The van der Waals surface area contributed by atoms with Gasteiger partial charge in [0.15, 0.2) is 0 Å². The first-order chi connectivity index (χ1) is 7.69. The predicted molar refractivity (Wildman–Crippen MR) is 62.1 cm³/mol. The number of benzene rings is 1. The first-order valence-corrected chi connectivity index (χ1v) is 5.70. The Labute approximate surface area is 99.6 Å². The molecule has 0 radical (unpaired) electrons. The molecule has 86 valence electrons. The third kappa shape index (κ3) is 2.54. The van der Waals surface area contributed by atoms with E-state index in [0.717, 1.165) is 5.56 Å². The van der Waals surface area contributed by atoms with Crippen LogP contribution in [0, 0.1) is 5.92 Å². The van der Waals surface area contributed by atoms with Crippen LogP contribution in [0.1, 0.15) is 12.0 Å². The van der Waals surface area contributed by atoms with Gasteiger partial charge in [-0.1, -0.05) is 23.7 Å². The monoisotopic (exact) mass is 239 g/mol. The molecule has 1 atom stereocenters. The van der Waals surface area contributed by atoms with Gasteiger partial charge in [0.1, 0.15) is 0 Å². The Hall–Kier alpha value is -1.06. The van der Waals surface area contributed by atoms with E-state index in [9.17, 15) is 4.79 Å². The molecule has 3 nitrogen and oxygen atoms in total. The number of nitrogens with zero attached hydrogens (tertiary/aromatic N) is 1. The Kier molecular flexibility index (Phi) is 3.46. The van der Waals surface area contributed by atoms with Crippen LogP contribution in [0.3, 0.4) is 0 Å². The van der Waals surface area contributed by atoms with Gasteiger partial charge in [-0.3, -0.25) is 4.79 Å². The summed E-state index contributed by atoms with van der Waals surface area (Å²) < 4.78 is 0. The lowest BCUT2D eigenvalue weighted by molar-refractivity contribution is -0.128. The molecule has 0 saturated carbocycles. The Morgan fingerprint density at radius 3 is 2.62 bits per heavy atom. The molecule has 0 aliphatic carbocycles. The summed E-state index contributed by atoms with van der Waals surface area (Å²) in [5, 5.41) is 9.71. The fourth-order valence-electron chi connectivity index (χ4n) is 1.94. The van der Waals surface area contributed by atoms with E-state index in [4.69, 9.17) is 16.7 Å². The van der Waals surface area contributed by atoms with Crippen molar-refractivity contribution in [1.82, 2.24) is 4.90 Å². The molecule has 0 bridgehead atoms. The van der Waals surface area contributed by atoms with Crippen molar-refractivity contribution in [2.24, 2.45) is 5.92 Å². The summed E-state index contributed by atoms with van der Waals surface area (Å²) in [6.45, 7) is 1.34. The molecule has 1 aromatic carbocycles. The van der Waals surface area contributed by atoms with Gasteiger partial charge in [0.25, 0.3) is 0 Å². The van der Waals surface area contributed by atoms with Crippen molar-refractivity contribution in [3.05, 3.63) is 34.9 Å². The van der Waals surface area contributed by atoms with Crippen molar-refractivity contribution in [3.63, 3.8) is 0 Å². The highest BCUT2D eigenvalue weighted by Crippen LogP contribution is 2.20. The van der Waals surface area contributed by atoms with Crippen molar-refractivity contribution in [3.8, 4) is 0 Å². The van der Waals surface area contributed by atoms with Gasteiger partial charge in [0.2, 0.25) is 5.91 Å². The molecule has 1 aliphatic heterocycles. The number of halogens is 1.